The van der Waals surface area contributed by atoms with E-state index in [-0.39, 0.29) is 23.9 Å². The first-order valence-corrected chi connectivity index (χ1v) is 10.4. The minimum Gasteiger partial charge on any atom is -0.352 e. The van der Waals surface area contributed by atoms with Crippen LogP contribution in [0.15, 0.2) is 29.1 Å². The van der Waals surface area contributed by atoms with Gasteiger partial charge >= 0.3 is 0 Å². The van der Waals surface area contributed by atoms with E-state index in [0.717, 1.165) is 16.5 Å². The lowest BCUT2D eigenvalue weighted by atomic mass is 9.97. The summed E-state index contributed by atoms with van der Waals surface area (Å²) in [6.07, 6.45) is 2.17. The molecule has 0 aliphatic carbocycles. The maximum Gasteiger partial charge on any atom is 0.253 e. The van der Waals surface area contributed by atoms with Crippen molar-refractivity contribution < 1.29 is 13.2 Å². The summed E-state index contributed by atoms with van der Waals surface area (Å²) >= 11 is 0. The average molecular weight is 377 g/mol. The zero-order chi connectivity index (χ0) is 18.9. The van der Waals surface area contributed by atoms with Crippen LogP contribution in [-0.4, -0.2) is 43.0 Å². The highest BCUT2D eigenvalue weighted by molar-refractivity contribution is 7.88. The van der Waals surface area contributed by atoms with Crippen LogP contribution in [0.5, 0.6) is 0 Å². The molecule has 26 heavy (non-hydrogen) atoms. The van der Waals surface area contributed by atoms with E-state index >= 15 is 0 Å². The van der Waals surface area contributed by atoms with E-state index in [0.29, 0.717) is 31.5 Å². The Morgan fingerprint density at radius 2 is 1.96 bits per heavy atom. The molecule has 1 aromatic carbocycles. The molecular formula is C18H23N3O4S. The van der Waals surface area contributed by atoms with E-state index in [9.17, 15) is 18.0 Å². The lowest BCUT2D eigenvalue weighted by Gasteiger charge is -2.29. The van der Waals surface area contributed by atoms with Gasteiger partial charge < -0.3 is 10.3 Å². The van der Waals surface area contributed by atoms with Gasteiger partial charge in [0.15, 0.2) is 0 Å². The summed E-state index contributed by atoms with van der Waals surface area (Å²) in [5, 5.41) is 3.74. The van der Waals surface area contributed by atoms with Crippen LogP contribution in [0.25, 0.3) is 10.9 Å². The van der Waals surface area contributed by atoms with Crippen molar-refractivity contribution >= 4 is 26.8 Å². The number of carbonyl (C=O) groups is 1. The van der Waals surface area contributed by atoms with Crippen LogP contribution in [0.3, 0.4) is 0 Å². The van der Waals surface area contributed by atoms with Crippen molar-refractivity contribution in [3.63, 3.8) is 0 Å². The molecule has 7 nitrogen and oxygen atoms in total. The molecule has 1 aliphatic rings. The smallest absolute Gasteiger partial charge is 0.253 e. The highest BCUT2D eigenvalue weighted by Gasteiger charge is 2.28. The van der Waals surface area contributed by atoms with E-state index in [2.05, 4.69) is 10.3 Å². The summed E-state index contributed by atoms with van der Waals surface area (Å²) in [5.41, 5.74) is 2.15. The zero-order valence-electron chi connectivity index (χ0n) is 14.9. The van der Waals surface area contributed by atoms with Gasteiger partial charge in [-0.15, -0.1) is 0 Å². The number of amides is 1. The second kappa shape index (κ2) is 7.20. The van der Waals surface area contributed by atoms with E-state index in [1.165, 1.54) is 10.6 Å². The van der Waals surface area contributed by atoms with Crippen LogP contribution >= 0.6 is 0 Å². The fourth-order valence-corrected chi connectivity index (χ4v) is 4.15. The van der Waals surface area contributed by atoms with Gasteiger partial charge in [0.1, 0.15) is 0 Å². The normalized spacial score (nSPS) is 16.7. The number of fused-ring (bicyclic) bond motifs is 1. The number of nitrogens with zero attached hydrogens (tertiary/aromatic N) is 1. The number of benzene rings is 1. The van der Waals surface area contributed by atoms with Crippen LogP contribution in [0.2, 0.25) is 0 Å². The maximum absolute atomic E-state index is 12.4. The van der Waals surface area contributed by atoms with Gasteiger partial charge in [0.05, 0.1) is 6.26 Å². The number of sulfonamides is 1. The van der Waals surface area contributed by atoms with Gasteiger partial charge in [0.2, 0.25) is 15.9 Å². The lowest BCUT2D eigenvalue weighted by molar-refractivity contribution is -0.126. The Hall–Kier alpha value is -2.19. The number of aryl methyl sites for hydroxylation is 1. The molecule has 2 N–H and O–H groups in total. The summed E-state index contributed by atoms with van der Waals surface area (Å²) in [7, 11) is -3.20. The van der Waals surface area contributed by atoms with Crippen LogP contribution < -0.4 is 10.9 Å². The molecule has 2 heterocycles. The highest BCUT2D eigenvalue weighted by Crippen LogP contribution is 2.19. The number of pyridine rings is 1. The topological polar surface area (TPSA) is 99.3 Å². The molecule has 0 saturated carbocycles. The summed E-state index contributed by atoms with van der Waals surface area (Å²) in [4.78, 5) is 27.4. The predicted molar refractivity (Wildman–Crippen MR) is 100 cm³/mol. The Balaban J connectivity index is 1.64. The highest BCUT2D eigenvalue weighted by atomic mass is 32.2. The minimum atomic E-state index is -3.20. The van der Waals surface area contributed by atoms with Crippen molar-refractivity contribution in [2.24, 2.45) is 5.92 Å². The van der Waals surface area contributed by atoms with Crippen molar-refractivity contribution in [3.05, 3.63) is 45.7 Å². The lowest BCUT2D eigenvalue weighted by Crippen LogP contribution is -2.42. The SMILES string of the molecule is Cc1ccc2[nH]c(=O)c(CNC(=O)C3CCN(S(C)(=O)=O)CC3)cc2c1. The minimum absolute atomic E-state index is 0.137. The fourth-order valence-electron chi connectivity index (χ4n) is 3.28. The largest absolute Gasteiger partial charge is 0.352 e. The third kappa shape index (κ3) is 4.13. The summed E-state index contributed by atoms with van der Waals surface area (Å²) < 4.78 is 24.5. The number of H-pyrrole nitrogens is 1. The quantitative estimate of drug-likeness (QED) is 0.834. The van der Waals surface area contributed by atoms with Crippen molar-refractivity contribution in [1.29, 1.82) is 0 Å². The molecule has 0 bridgehead atoms. The van der Waals surface area contributed by atoms with Gasteiger partial charge in [0.25, 0.3) is 5.56 Å². The van der Waals surface area contributed by atoms with E-state index in [4.69, 9.17) is 0 Å². The van der Waals surface area contributed by atoms with Gasteiger partial charge in [-0.25, -0.2) is 12.7 Å². The Bertz CT molecular complexity index is 989. The van der Waals surface area contributed by atoms with Crippen molar-refractivity contribution in [3.8, 4) is 0 Å². The molecule has 0 unspecified atom stereocenters. The van der Waals surface area contributed by atoms with Crippen LogP contribution in [0, 0.1) is 12.8 Å². The molecule has 8 heteroatoms. The number of nitrogens with one attached hydrogen (secondary N) is 2. The average Bonchev–Trinajstić information content (AvgIpc) is 2.59. The molecule has 1 aromatic heterocycles. The number of hydrogen-bond acceptors (Lipinski definition) is 4. The number of aromatic nitrogens is 1. The number of rotatable bonds is 4. The molecule has 2 aromatic rings. The fraction of sp³-hybridized carbons (Fsp3) is 0.444. The molecule has 140 valence electrons. The Labute approximate surface area is 152 Å². The van der Waals surface area contributed by atoms with Crippen LogP contribution in [0.4, 0.5) is 0 Å². The zero-order valence-corrected chi connectivity index (χ0v) is 15.7. The van der Waals surface area contributed by atoms with Crippen molar-refractivity contribution in [2.75, 3.05) is 19.3 Å². The van der Waals surface area contributed by atoms with Gasteiger partial charge in [-0.3, -0.25) is 9.59 Å². The van der Waals surface area contributed by atoms with E-state index in [1.54, 1.807) is 6.07 Å². The van der Waals surface area contributed by atoms with Gasteiger partial charge in [-0.05, 0) is 43.4 Å². The van der Waals surface area contributed by atoms with Gasteiger partial charge in [-0.2, -0.15) is 0 Å². The molecular weight excluding hydrogens is 354 g/mol. The Kier molecular flexibility index (Phi) is 5.15. The molecule has 1 aliphatic heterocycles. The number of carbonyl (C=O) groups excluding carboxylic acids is 1. The van der Waals surface area contributed by atoms with Crippen LogP contribution in [-0.2, 0) is 21.4 Å². The van der Waals surface area contributed by atoms with Gasteiger partial charge in [-0.1, -0.05) is 11.6 Å². The van der Waals surface area contributed by atoms with E-state index < -0.39 is 10.0 Å². The second-order valence-corrected chi connectivity index (χ2v) is 8.85. The van der Waals surface area contributed by atoms with Crippen molar-refractivity contribution in [2.45, 2.75) is 26.3 Å². The first kappa shape index (κ1) is 18.6. The predicted octanol–water partition coefficient (Wildman–Crippen LogP) is 1.12. The summed E-state index contributed by atoms with van der Waals surface area (Å²) in [5.74, 6) is -0.364. The molecule has 1 saturated heterocycles. The molecule has 3 rings (SSSR count). The molecule has 0 spiro atoms. The number of hydrogen-bond donors (Lipinski definition) is 2. The number of aromatic amines is 1. The molecule has 0 radical (unpaired) electrons. The molecule has 0 atom stereocenters. The maximum atomic E-state index is 12.4. The third-order valence-electron chi connectivity index (χ3n) is 4.82. The third-order valence-corrected chi connectivity index (χ3v) is 6.13. The first-order valence-electron chi connectivity index (χ1n) is 8.59. The Morgan fingerprint density at radius 1 is 1.27 bits per heavy atom. The monoisotopic (exact) mass is 377 g/mol. The van der Waals surface area contributed by atoms with E-state index in [1.807, 2.05) is 25.1 Å². The van der Waals surface area contributed by atoms with Crippen molar-refractivity contribution in [1.82, 2.24) is 14.6 Å². The summed E-state index contributed by atoms with van der Waals surface area (Å²) in [6, 6.07) is 7.58. The summed E-state index contributed by atoms with van der Waals surface area (Å²) in [6.45, 7) is 2.85. The Morgan fingerprint density at radius 3 is 2.62 bits per heavy atom. The first-order chi connectivity index (χ1) is 12.2. The van der Waals surface area contributed by atoms with Crippen LogP contribution in [0.1, 0.15) is 24.0 Å². The molecule has 1 amide bonds. The molecule has 1 fully saturated rings. The second-order valence-electron chi connectivity index (χ2n) is 6.87. The number of piperidine rings is 1. The standard InChI is InChI=1S/C18H23N3O4S/c1-12-3-4-16-14(9-12)10-15(18(23)20-16)11-19-17(22)13-5-7-21(8-6-13)26(2,24)25/h3-4,9-10,13H,5-8,11H2,1-2H3,(H,19,22)(H,20,23). The van der Waals surface area contributed by atoms with Gasteiger partial charge in [0, 0.05) is 36.6 Å².